The van der Waals surface area contributed by atoms with Crippen molar-refractivity contribution in [2.75, 3.05) is 4.90 Å². The van der Waals surface area contributed by atoms with E-state index < -0.39 is 0 Å². The van der Waals surface area contributed by atoms with Crippen molar-refractivity contribution in [1.82, 2.24) is 10.3 Å². The molecule has 2 atom stereocenters. The number of para-hydroxylation sites is 1. The van der Waals surface area contributed by atoms with Crippen molar-refractivity contribution in [2.45, 2.75) is 19.0 Å². The summed E-state index contributed by atoms with van der Waals surface area (Å²) in [5.41, 5.74) is 3.07. The lowest BCUT2D eigenvalue weighted by molar-refractivity contribution is 0.479. The maximum absolute atomic E-state index is 6.08. The summed E-state index contributed by atoms with van der Waals surface area (Å²) in [5.74, 6) is 1.65. The van der Waals surface area contributed by atoms with Crippen molar-refractivity contribution in [3.8, 4) is 11.5 Å². The van der Waals surface area contributed by atoms with E-state index in [4.69, 9.17) is 17.0 Å². The number of benzene rings is 2. The minimum absolute atomic E-state index is 0.00293. The summed E-state index contributed by atoms with van der Waals surface area (Å²) in [6.45, 7) is 2.04. The van der Waals surface area contributed by atoms with Crippen molar-refractivity contribution >= 4 is 50.3 Å². The van der Waals surface area contributed by atoms with Gasteiger partial charge in [0.15, 0.2) is 5.11 Å². The Kier molecular flexibility index (Phi) is 5.95. The fourth-order valence-corrected chi connectivity index (χ4v) is 5.78. The highest BCUT2D eigenvalue weighted by Gasteiger charge is 2.41. The highest BCUT2D eigenvalue weighted by atomic mass is 79.9. The Bertz CT molecular complexity index is 1240. The monoisotopic (exact) mass is 521 g/mol. The lowest BCUT2D eigenvalue weighted by Gasteiger charge is -2.27. The van der Waals surface area contributed by atoms with Crippen LogP contribution in [0.5, 0.6) is 11.5 Å². The molecule has 1 saturated heterocycles. The van der Waals surface area contributed by atoms with Gasteiger partial charge < -0.3 is 15.0 Å². The van der Waals surface area contributed by atoms with Gasteiger partial charge >= 0.3 is 0 Å². The standard InChI is InChI=1S/C25H20BrN3OS2/c1-16-6-2-3-8-20(16)30-18-11-9-17(10-12-18)29-24(21-13-14-22(26)32-21)23(28-25(29)31)19-7-4-5-15-27-19/h2-15,23-24H,1H3,(H,28,31)/t23-,24+/m1/s1. The number of ether oxygens (including phenoxy) is 1. The molecule has 3 heterocycles. The number of rotatable bonds is 5. The summed E-state index contributed by atoms with van der Waals surface area (Å²) in [6.07, 6.45) is 1.82. The second kappa shape index (κ2) is 9.02. The lowest BCUT2D eigenvalue weighted by Crippen LogP contribution is -2.28. The Labute approximate surface area is 205 Å². The maximum Gasteiger partial charge on any atom is 0.174 e. The molecule has 0 aliphatic carbocycles. The van der Waals surface area contributed by atoms with Crippen LogP contribution in [0, 0.1) is 6.92 Å². The predicted molar refractivity (Wildman–Crippen MR) is 138 cm³/mol. The van der Waals surface area contributed by atoms with Crippen LogP contribution in [0.1, 0.15) is 28.2 Å². The number of pyridine rings is 1. The summed E-state index contributed by atoms with van der Waals surface area (Å²) < 4.78 is 7.17. The second-order valence-corrected chi connectivity index (χ2v) is 10.4. The third-order valence-corrected chi connectivity index (χ3v) is 7.43. The smallest absolute Gasteiger partial charge is 0.174 e. The van der Waals surface area contributed by atoms with Crippen LogP contribution >= 0.6 is 39.5 Å². The van der Waals surface area contributed by atoms with Gasteiger partial charge in [-0.2, -0.15) is 0 Å². The van der Waals surface area contributed by atoms with E-state index in [0.717, 1.165) is 32.2 Å². The molecule has 1 aliphatic heterocycles. The third kappa shape index (κ3) is 4.16. The Morgan fingerprint density at radius 1 is 1.00 bits per heavy atom. The van der Waals surface area contributed by atoms with Gasteiger partial charge in [0.25, 0.3) is 0 Å². The van der Waals surface area contributed by atoms with Gasteiger partial charge in [-0.05, 0) is 95.2 Å². The van der Waals surface area contributed by atoms with E-state index in [1.54, 1.807) is 11.3 Å². The largest absolute Gasteiger partial charge is 0.457 e. The molecule has 0 bridgehead atoms. The number of halogens is 1. The number of nitrogens with zero attached hydrogens (tertiary/aromatic N) is 2. The molecule has 1 aliphatic rings. The van der Waals surface area contributed by atoms with E-state index in [-0.39, 0.29) is 12.1 Å². The number of anilines is 1. The SMILES string of the molecule is Cc1ccccc1Oc1ccc(N2C(=S)N[C@H](c3ccccn3)[C@@H]2c2ccc(Br)s2)cc1. The van der Waals surface area contributed by atoms with Gasteiger partial charge in [0.1, 0.15) is 11.5 Å². The van der Waals surface area contributed by atoms with Gasteiger partial charge in [0.05, 0.1) is 21.6 Å². The number of aromatic nitrogens is 1. The molecule has 0 radical (unpaired) electrons. The molecule has 0 saturated carbocycles. The zero-order chi connectivity index (χ0) is 22.1. The highest BCUT2D eigenvalue weighted by Crippen LogP contribution is 2.44. The highest BCUT2D eigenvalue weighted by molar-refractivity contribution is 9.11. The molecule has 0 spiro atoms. The number of hydrogen-bond acceptors (Lipinski definition) is 4. The molecule has 4 aromatic rings. The first-order valence-corrected chi connectivity index (χ1v) is 12.2. The summed E-state index contributed by atoms with van der Waals surface area (Å²) in [5, 5.41) is 4.18. The van der Waals surface area contributed by atoms with Crippen LogP contribution < -0.4 is 15.0 Å². The second-order valence-electron chi connectivity index (χ2n) is 7.50. The van der Waals surface area contributed by atoms with Crippen LogP contribution in [0.4, 0.5) is 5.69 Å². The van der Waals surface area contributed by atoms with E-state index in [1.807, 2.05) is 67.7 Å². The number of thiocarbonyl (C=S) groups is 1. The number of hydrogen-bond donors (Lipinski definition) is 1. The van der Waals surface area contributed by atoms with Gasteiger partial charge in [-0.25, -0.2) is 0 Å². The van der Waals surface area contributed by atoms with Gasteiger partial charge in [0.2, 0.25) is 0 Å². The molecule has 32 heavy (non-hydrogen) atoms. The molecule has 5 rings (SSSR count). The Balaban J connectivity index is 1.48. The van der Waals surface area contributed by atoms with E-state index in [9.17, 15) is 0 Å². The minimum atomic E-state index is -0.0443. The lowest BCUT2D eigenvalue weighted by atomic mass is 10.0. The van der Waals surface area contributed by atoms with Crippen molar-refractivity contribution in [1.29, 1.82) is 0 Å². The Morgan fingerprint density at radius 3 is 2.47 bits per heavy atom. The Hall–Kier alpha value is -2.74. The summed E-state index contributed by atoms with van der Waals surface area (Å²) in [7, 11) is 0. The van der Waals surface area contributed by atoms with E-state index in [2.05, 4.69) is 55.4 Å². The maximum atomic E-state index is 6.08. The number of thiophene rings is 1. The van der Waals surface area contributed by atoms with Crippen LogP contribution in [-0.4, -0.2) is 10.1 Å². The zero-order valence-electron chi connectivity index (χ0n) is 17.2. The quantitative estimate of drug-likeness (QED) is 0.281. The fourth-order valence-electron chi connectivity index (χ4n) is 3.88. The number of aryl methyl sites for hydroxylation is 1. The fraction of sp³-hybridized carbons (Fsp3) is 0.120. The van der Waals surface area contributed by atoms with Crippen LogP contribution in [0.3, 0.4) is 0 Å². The molecule has 160 valence electrons. The van der Waals surface area contributed by atoms with Gasteiger partial charge in [-0.1, -0.05) is 24.3 Å². The molecule has 0 amide bonds. The van der Waals surface area contributed by atoms with Gasteiger partial charge in [-0.15, -0.1) is 11.3 Å². The van der Waals surface area contributed by atoms with Crippen LogP contribution in [0.15, 0.2) is 88.8 Å². The topological polar surface area (TPSA) is 37.4 Å². The van der Waals surface area contributed by atoms with Gasteiger partial charge in [-0.3, -0.25) is 4.98 Å². The molecule has 7 heteroatoms. The van der Waals surface area contributed by atoms with Crippen molar-refractivity contribution in [3.05, 3.63) is 105 Å². The van der Waals surface area contributed by atoms with Crippen LogP contribution in [0.25, 0.3) is 0 Å². The van der Waals surface area contributed by atoms with Crippen LogP contribution in [-0.2, 0) is 0 Å². The molecular weight excluding hydrogens is 502 g/mol. The number of nitrogens with one attached hydrogen (secondary N) is 1. The molecular formula is C25H20BrN3OS2. The third-order valence-electron chi connectivity index (χ3n) is 5.42. The minimum Gasteiger partial charge on any atom is -0.457 e. The van der Waals surface area contributed by atoms with E-state index in [1.165, 1.54) is 4.88 Å². The van der Waals surface area contributed by atoms with Crippen molar-refractivity contribution in [3.63, 3.8) is 0 Å². The molecule has 4 nitrogen and oxygen atoms in total. The molecule has 0 unspecified atom stereocenters. The van der Waals surface area contributed by atoms with Crippen molar-refractivity contribution < 1.29 is 4.74 Å². The molecule has 1 fully saturated rings. The summed E-state index contributed by atoms with van der Waals surface area (Å²) in [4.78, 5) is 7.98. The van der Waals surface area contributed by atoms with E-state index >= 15 is 0 Å². The first-order chi connectivity index (χ1) is 15.6. The summed E-state index contributed by atoms with van der Waals surface area (Å²) in [6, 6.07) is 26.2. The molecule has 2 aromatic heterocycles. The predicted octanol–water partition coefficient (Wildman–Crippen LogP) is 7.18. The normalized spacial score (nSPS) is 17.9. The van der Waals surface area contributed by atoms with E-state index in [0.29, 0.717) is 5.11 Å². The van der Waals surface area contributed by atoms with Gasteiger partial charge in [0, 0.05) is 16.8 Å². The first kappa shape index (κ1) is 21.1. The van der Waals surface area contributed by atoms with Crippen LogP contribution in [0.2, 0.25) is 0 Å². The molecule has 1 N–H and O–H groups in total. The zero-order valence-corrected chi connectivity index (χ0v) is 20.5. The first-order valence-electron chi connectivity index (χ1n) is 10.2. The average Bonchev–Trinajstić information content (AvgIpc) is 3.39. The average molecular weight is 522 g/mol. The van der Waals surface area contributed by atoms with Crippen molar-refractivity contribution in [2.24, 2.45) is 0 Å². The Morgan fingerprint density at radius 2 is 1.78 bits per heavy atom. The summed E-state index contributed by atoms with van der Waals surface area (Å²) >= 11 is 11.1. The molecule has 2 aromatic carbocycles.